The molecule has 2 rings (SSSR count). The smallest absolute Gasteiger partial charge is 0.228 e. The molecular formula is C15H13F2NO2. The van der Waals surface area contributed by atoms with Gasteiger partial charge in [-0.3, -0.25) is 4.79 Å². The third kappa shape index (κ3) is 3.61. The van der Waals surface area contributed by atoms with Crippen molar-refractivity contribution in [2.24, 2.45) is 0 Å². The van der Waals surface area contributed by atoms with Gasteiger partial charge in [-0.1, -0.05) is 18.2 Å². The molecule has 0 atom stereocenters. The summed E-state index contributed by atoms with van der Waals surface area (Å²) in [6, 6.07) is 10.1. The van der Waals surface area contributed by atoms with Gasteiger partial charge in [-0.15, -0.1) is 0 Å². The third-order valence-electron chi connectivity index (χ3n) is 2.77. The van der Waals surface area contributed by atoms with Gasteiger partial charge in [-0.2, -0.15) is 0 Å². The van der Waals surface area contributed by atoms with E-state index in [0.717, 1.165) is 17.7 Å². The lowest BCUT2D eigenvalue weighted by Gasteiger charge is -2.06. The van der Waals surface area contributed by atoms with E-state index in [-0.39, 0.29) is 18.9 Å². The van der Waals surface area contributed by atoms with Crippen LogP contribution < -0.4 is 5.32 Å². The van der Waals surface area contributed by atoms with Crippen LogP contribution in [0.2, 0.25) is 0 Å². The summed E-state index contributed by atoms with van der Waals surface area (Å²) in [6.07, 6.45) is -0.0427. The van der Waals surface area contributed by atoms with E-state index in [4.69, 9.17) is 5.11 Å². The minimum absolute atomic E-state index is 0.0427. The first kappa shape index (κ1) is 14.1. The number of aliphatic hydroxyl groups is 1. The molecule has 0 heterocycles. The highest BCUT2D eigenvalue weighted by Crippen LogP contribution is 2.12. The third-order valence-corrected chi connectivity index (χ3v) is 2.77. The van der Waals surface area contributed by atoms with E-state index in [1.807, 2.05) is 0 Å². The Morgan fingerprint density at radius 3 is 2.25 bits per heavy atom. The van der Waals surface area contributed by atoms with Crippen LogP contribution >= 0.6 is 0 Å². The number of carbonyl (C=O) groups is 1. The summed E-state index contributed by atoms with van der Waals surface area (Å²) in [6.45, 7) is -0.0664. The fraction of sp³-hybridized carbons (Fsp3) is 0.133. The zero-order chi connectivity index (χ0) is 14.5. The zero-order valence-electron chi connectivity index (χ0n) is 10.6. The van der Waals surface area contributed by atoms with Crippen LogP contribution in [0.25, 0.3) is 0 Å². The molecule has 1 amide bonds. The molecule has 0 unspecified atom stereocenters. The maximum atomic E-state index is 13.0. The van der Waals surface area contributed by atoms with E-state index >= 15 is 0 Å². The van der Waals surface area contributed by atoms with E-state index in [2.05, 4.69) is 5.32 Å². The molecule has 0 fully saturated rings. The van der Waals surface area contributed by atoms with Crippen LogP contribution in [-0.4, -0.2) is 11.0 Å². The van der Waals surface area contributed by atoms with Gasteiger partial charge in [0, 0.05) is 5.69 Å². The molecule has 0 aliphatic heterocycles. The molecule has 2 aromatic rings. The maximum absolute atomic E-state index is 13.0. The van der Waals surface area contributed by atoms with Gasteiger partial charge < -0.3 is 10.4 Å². The molecular weight excluding hydrogens is 264 g/mol. The second-order valence-electron chi connectivity index (χ2n) is 4.33. The lowest BCUT2D eigenvalue weighted by molar-refractivity contribution is -0.115. The van der Waals surface area contributed by atoms with Gasteiger partial charge in [0.2, 0.25) is 5.91 Å². The number of aliphatic hydroxyl groups excluding tert-OH is 1. The van der Waals surface area contributed by atoms with E-state index in [1.165, 1.54) is 6.07 Å². The van der Waals surface area contributed by atoms with Crippen molar-refractivity contribution in [2.75, 3.05) is 5.32 Å². The summed E-state index contributed by atoms with van der Waals surface area (Å²) < 4.78 is 25.8. The summed E-state index contributed by atoms with van der Waals surface area (Å²) in [7, 11) is 0. The lowest BCUT2D eigenvalue weighted by atomic mass is 10.1. The predicted octanol–water partition coefficient (Wildman–Crippen LogP) is 2.64. The average molecular weight is 277 g/mol. The molecule has 0 aliphatic rings. The van der Waals surface area contributed by atoms with Crippen molar-refractivity contribution in [2.45, 2.75) is 13.0 Å². The SMILES string of the molecule is O=C(Cc1ccc(F)c(F)c1)Nc1ccc(CO)cc1. The second-order valence-corrected chi connectivity index (χ2v) is 4.33. The normalized spacial score (nSPS) is 10.3. The highest BCUT2D eigenvalue weighted by molar-refractivity contribution is 5.92. The maximum Gasteiger partial charge on any atom is 0.228 e. The standard InChI is InChI=1S/C15H13F2NO2/c16-13-6-3-11(7-14(13)17)8-15(20)18-12-4-1-10(9-19)2-5-12/h1-7,19H,8-9H2,(H,18,20). The number of hydrogen-bond donors (Lipinski definition) is 2. The number of halogens is 2. The first-order valence-electron chi connectivity index (χ1n) is 6.02. The lowest BCUT2D eigenvalue weighted by Crippen LogP contribution is -2.14. The van der Waals surface area contributed by atoms with Crippen molar-refractivity contribution in [3.63, 3.8) is 0 Å². The van der Waals surface area contributed by atoms with Crippen LogP contribution in [0.3, 0.4) is 0 Å². The van der Waals surface area contributed by atoms with E-state index in [0.29, 0.717) is 11.3 Å². The second kappa shape index (κ2) is 6.25. The number of amides is 1. The molecule has 20 heavy (non-hydrogen) atoms. The zero-order valence-corrected chi connectivity index (χ0v) is 10.6. The molecule has 2 aromatic carbocycles. The van der Waals surface area contributed by atoms with Crippen molar-refractivity contribution >= 4 is 11.6 Å². The number of benzene rings is 2. The minimum Gasteiger partial charge on any atom is -0.392 e. The molecule has 0 saturated carbocycles. The molecule has 0 aromatic heterocycles. The predicted molar refractivity (Wildman–Crippen MR) is 71.1 cm³/mol. The molecule has 5 heteroatoms. The van der Waals surface area contributed by atoms with Gasteiger partial charge in [0.25, 0.3) is 0 Å². The summed E-state index contributed by atoms with van der Waals surface area (Å²) >= 11 is 0. The van der Waals surface area contributed by atoms with Crippen molar-refractivity contribution in [1.82, 2.24) is 0 Å². The van der Waals surface area contributed by atoms with Gasteiger partial charge in [-0.05, 0) is 35.4 Å². The number of hydrogen-bond acceptors (Lipinski definition) is 2. The quantitative estimate of drug-likeness (QED) is 0.902. The Bertz CT molecular complexity index is 612. The van der Waals surface area contributed by atoms with E-state index < -0.39 is 11.6 Å². The van der Waals surface area contributed by atoms with Gasteiger partial charge in [-0.25, -0.2) is 8.78 Å². The van der Waals surface area contributed by atoms with Crippen LogP contribution in [-0.2, 0) is 17.8 Å². The first-order valence-corrected chi connectivity index (χ1v) is 6.02. The topological polar surface area (TPSA) is 49.3 Å². The molecule has 0 bridgehead atoms. The van der Waals surface area contributed by atoms with Crippen molar-refractivity contribution < 1.29 is 18.7 Å². The Morgan fingerprint density at radius 2 is 1.65 bits per heavy atom. The molecule has 0 radical (unpaired) electrons. The van der Waals surface area contributed by atoms with Crippen molar-refractivity contribution in [1.29, 1.82) is 0 Å². The first-order chi connectivity index (χ1) is 9.58. The summed E-state index contributed by atoms with van der Waals surface area (Å²) in [5.74, 6) is -2.23. The van der Waals surface area contributed by atoms with E-state index in [9.17, 15) is 13.6 Å². The van der Waals surface area contributed by atoms with Crippen LogP contribution in [0.4, 0.5) is 14.5 Å². The number of rotatable bonds is 4. The molecule has 0 saturated heterocycles. The largest absolute Gasteiger partial charge is 0.392 e. The Hall–Kier alpha value is -2.27. The Labute approximate surface area is 114 Å². The number of nitrogens with one attached hydrogen (secondary N) is 1. The fourth-order valence-electron chi connectivity index (χ4n) is 1.73. The minimum atomic E-state index is -0.970. The van der Waals surface area contributed by atoms with Crippen LogP contribution in [0, 0.1) is 11.6 Å². The van der Waals surface area contributed by atoms with Crippen molar-refractivity contribution in [3.8, 4) is 0 Å². The number of carbonyl (C=O) groups excluding carboxylic acids is 1. The highest BCUT2D eigenvalue weighted by Gasteiger charge is 2.07. The Balaban J connectivity index is 1.99. The van der Waals surface area contributed by atoms with Crippen molar-refractivity contribution in [3.05, 3.63) is 65.2 Å². The summed E-state index contributed by atoms with van der Waals surface area (Å²) in [4.78, 5) is 11.8. The number of anilines is 1. The fourth-order valence-corrected chi connectivity index (χ4v) is 1.73. The average Bonchev–Trinajstić information content (AvgIpc) is 2.44. The van der Waals surface area contributed by atoms with Gasteiger partial charge >= 0.3 is 0 Å². The Morgan fingerprint density at radius 1 is 1.00 bits per heavy atom. The monoisotopic (exact) mass is 277 g/mol. The highest BCUT2D eigenvalue weighted by atomic mass is 19.2. The molecule has 2 N–H and O–H groups in total. The van der Waals surface area contributed by atoms with E-state index in [1.54, 1.807) is 24.3 Å². The van der Waals surface area contributed by atoms with Crippen LogP contribution in [0.5, 0.6) is 0 Å². The molecule has 0 aliphatic carbocycles. The molecule has 3 nitrogen and oxygen atoms in total. The Kier molecular flexibility index (Phi) is 4.42. The molecule has 0 spiro atoms. The summed E-state index contributed by atoms with van der Waals surface area (Å²) in [5.41, 5.74) is 1.71. The van der Waals surface area contributed by atoms with Crippen LogP contribution in [0.15, 0.2) is 42.5 Å². The summed E-state index contributed by atoms with van der Waals surface area (Å²) in [5, 5.41) is 11.5. The van der Waals surface area contributed by atoms with Crippen LogP contribution in [0.1, 0.15) is 11.1 Å². The van der Waals surface area contributed by atoms with Gasteiger partial charge in [0.05, 0.1) is 13.0 Å². The van der Waals surface area contributed by atoms with Gasteiger partial charge in [0.15, 0.2) is 11.6 Å². The molecule has 104 valence electrons. The van der Waals surface area contributed by atoms with Gasteiger partial charge in [0.1, 0.15) is 0 Å².